The summed E-state index contributed by atoms with van der Waals surface area (Å²) in [4.78, 5) is 0. The van der Waals surface area contributed by atoms with Crippen molar-refractivity contribution in [3.63, 3.8) is 0 Å². The number of halogens is 1. The van der Waals surface area contributed by atoms with Crippen LogP contribution in [0.3, 0.4) is 0 Å². The van der Waals surface area contributed by atoms with Gasteiger partial charge in [0, 0.05) is 17.6 Å². The summed E-state index contributed by atoms with van der Waals surface area (Å²) in [7, 11) is 0. The molecule has 0 fully saturated rings. The zero-order valence-electron chi connectivity index (χ0n) is 12.0. The van der Waals surface area contributed by atoms with Crippen LogP contribution < -0.4 is 5.32 Å². The quantitative estimate of drug-likeness (QED) is 0.865. The zero-order valence-corrected chi connectivity index (χ0v) is 12.7. The molecule has 0 radical (unpaired) electrons. The Morgan fingerprint density at radius 3 is 2.17 bits per heavy atom. The predicted molar refractivity (Wildman–Crippen MR) is 78.2 cm³/mol. The van der Waals surface area contributed by atoms with Crippen molar-refractivity contribution < 1.29 is 4.74 Å². The Balaban J connectivity index is 2.79. The van der Waals surface area contributed by atoms with Crippen LogP contribution in [0.1, 0.15) is 46.3 Å². The molecular weight excluding hydrogens is 246 g/mol. The van der Waals surface area contributed by atoms with E-state index in [1.165, 1.54) is 0 Å². The normalized spacial score (nSPS) is 13.9. The average molecular weight is 270 g/mol. The molecule has 1 rings (SSSR count). The fourth-order valence-corrected chi connectivity index (χ4v) is 1.80. The third-order valence-electron chi connectivity index (χ3n) is 2.45. The van der Waals surface area contributed by atoms with E-state index in [0.717, 1.165) is 17.1 Å². The van der Waals surface area contributed by atoms with E-state index in [0.29, 0.717) is 6.04 Å². The van der Waals surface area contributed by atoms with Gasteiger partial charge >= 0.3 is 0 Å². The van der Waals surface area contributed by atoms with E-state index in [-0.39, 0.29) is 11.7 Å². The molecule has 2 nitrogen and oxygen atoms in total. The lowest BCUT2D eigenvalue weighted by Crippen LogP contribution is -2.33. The summed E-state index contributed by atoms with van der Waals surface area (Å²) in [5, 5.41) is 4.18. The monoisotopic (exact) mass is 269 g/mol. The number of hydrogen-bond acceptors (Lipinski definition) is 2. The number of hydrogen-bond donors (Lipinski definition) is 1. The molecule has 1 atom stereocenters. The zero-order chi connectivity index (χ0) is 13.8. The number of benzene rings is 1. The van der Waals surface area contributed by atoms with Gasteiger partial charge in [0.05, 0.1) is 11.7 Å². The second-order valence-corrected chi connectivity index (χ2v) is 6.27. The number of ether oxygens (including phenoxy) is 1. The van der Waals surface area contributed by atoms with E-state index in [1.54, 1.807) is 0 Å². The minimum atomic E-state index is -0.164. The standard InChI is InChI=1S/C15H24ClNO/c1-11(2)17-10-14(18-15(3,4)5)12-6-8-13(16)9-7-12/h6-9,11,14,17H,10H2,1-5H3. The maximum absolute atomic E-state index is 6.11. The highest BCUT2D eigenvalue weighted by atomic mass is 35.5. The van der Waals surface area contributed by atoms with Gasteiger partial charge in [-0.1, -0.05) is 37.6 Å². The van der Waals surface area contributed by atoms with Crippen molar-refractivity contribution in [3.05, 3.63) is 34.9 Å². The summed E-state index contributed by atoms with van der Waals surface area (Å²) < 4.78 is 6.11. The Morgan fingerprint density at radius 1 is 1.17 bits per heavy atom. The summed E-state index contributed by atoms with van der Waals surface area (Å²) in [6.07, 6.45) is 0.0460. The van der Waals surface area contributed by atoms with E-state index < -0.39 is 0 Å². The van der Waals surface area contributed by atoms with Gasteiger partial charge in [-0.15, -0.1) is 0 Å². The molecule has 0 aromatic heterocycles. The van der Waals surface area contributed by atoms with E-state index >= 15 is 0 Å². The molecule has 1 N–H and O–H groups in total. The van der Waals surface area contributed by atoms with Gasteiger partial charge in [-0.25, -0.2) is 0 Å². The van der Waals surface area contributed by atoms with Crippen LogP contribution in [0.2, 0.25) is 5.02 Å². The first kappa shape index (κ1) is 15.5. The highest BCUT2D eigenvalue weighted by molar-refractivity contribution is 6.30. The third-order valence-corrected chi connectivity index (χ3v) is 2.70. The van der Waals surface area contributed by atoms with Crippen molar-refractivity contribution in [2.75, 3.05) is 6.54 Å². The van der Waals surface area contributed by atoms with Crippen molar-refractivity contribution >= 4 is 11.6 Å². The molecule has 0 aliphatic carbocycles. The molecule has 0 aliphatic heterocycles. The molecule has 1 aromatic rings. The summed E-state index contributed by atoms with van der Waals surface area (Å²) in [5.74, 6) is 0. The number of rotatable bonds is 5. The fraction of sp³-hybridized carbons (Fsp3) is 0.600. The smallest absolute Gasteiger partial charge is 0.0956 e. The minimum absolute atomic E-state index is 0.0460. The van der Waals surface area contributed by atoms with Crippen LogP contribution in [-0.2, 0) is 4.74 Å². The summed E-state index contributed by atoms with van der Waals surface area (Å²) >= 11 is 5.92. The third kappa shape index (κ3) is 5.85. The van der Waals surface area contributed by atoms with Gasteiger partial charge in [0.25, 0.3) is 0 Å². The highest BCUT2D eigenvalue weighted by Gasteiger charge is 2.20. The fourth-order valence-electron chi connectivity index (χ4n) is 1.67. The number of nitrogens with one attached hydrogen (secondary N) is 1. The molecule has 0 saturated heterocycles. The van der Waals surface area contributed by atoms with Crippen LogP contribution in [0, 0.1) is 0 Å². The molecule has 1 unspecified atom stereocenters. The first-order valence-electron chi connectivity index (χ1n) is 6.44. The minimum Gasteiger partial charge on any atom is -0.367 e. The Kier molecular flexibility index (Phi) is 5.64. The van der Waals surface area contributed by atoms with Crippen molar-refractivity contribution in [3.8, 4) is 0 Å². The van der Waals surface area contributed by atoms with E-state index in [4.69, 9.17) is 16.3 Å². The molecular formula is C15H24ClNO. The van der Waals surface area contributed by atoms with Crippen LogP contribution in [0.15, 0.2) is 24.3 Å². The van der Waals surface area contributed by atoms with E-state index in [2.05, 4.69) is 39.9 Å². The lowest BCUT2D eigenvalue weighted by Gasteiger charge is -2.29. The van der Waals surface area contributed by atoms with Gasteiger partial charge in [0.2, 0.25) is 0 Å². The lowest BCUT2D eigenvalue weighted by atomic mass is 10.1. The first-order valence-corrected chi connectivity index (χ1v) is 6.82. The summed E-state index contributed by atoms with van der Waals surface area (Å²) in [6.45, 7) is 11.3. The van der Waals surface area contributed by atoms with Gasteiger partial charge in [0.15, 0.2) is 0 Å². The van der Waals surface area contributed by atoms with Crippen molar-refractivity contribution in [1.82, 2.24) is 5.32 Å². The van der Waals surface area contributed by atoms with Gasteiger partial charge in [-0.3, -0.25) is 0 Å². The first-order chi connectivity index (χ1) is 8.28. The average Bonchev–Trinajstić information content (AvgIpc) is 2.23. The highest BCUT2D eigenvalue weighted by Crippen LogP contribution is 2.24. The van der Waals surface area contributed by atoms with Gasteiger partial charge in [0.1, 0.15) is 0 Å². The second kappa shape index (κ2) is 6.55. The Morgan fingerprint density at radius 2 is 1.72 bits per heavy atom. The molecule has 0 aliphatic rings. The van der Waals surface area contributed by atoms with Crippen molar-refractivity contribution in [2.45, 2.75) is 52.4 Å². The van der Waals surface area contributed by atoms with Gasteiger partial charge < -0.3 is 10.1 Å². The van der Waals surface area contributed by atoms with Crippen LogP contribution in [-0.4, -0.2) is 18.2 Å². The maximum Gasteiger partial charge on any atom is 0.0956 e. The maximum atomic E-state index is 6.11. The Bertz CT molecular complexity index is 354. The van der Waals surface area contributed by atoms with Gasteiger partial charge in [-0.05, 0) is 38.5 Å². The second-order valence-electron chi connectivity index (χ2n) is 5.83. The molecule has 102 valence electrons. The van der Waals surface area contributed by atoms with Crippen LogP contribution in [0.5, 0.6) is 0 Å². The van der Waals surface area contributed by atoms with Crippen LogP contribution in [0.4, 0.5) is 0 Å². The molecule has 1 aromatic carbocycles. The SMILES string of the molecule is CC(C)NCC(OC(C)(C)C)c1ccc(Cl)cc1. The summed E-state index contributed by atoms with van der Waals surface area (Å²) in [6, 6.07) is 8.32. The predicted octanol–water partition coefficient (Wildman–Crippen LogP) is 4.19. The molecule has 3 heteroatoms. The van der Waals surface area contributed by atoms with Crippen LogP contribution in [0.25, 0.3) is 0 Å². The Labute approximate surface area is 116 Å². The Hall–Kier alpha value is -0.570. The topological polar surface area (TPSA) is 21.3 Å². The molecule has 0 heterocycles. The van der Waals surface area contributed by atoms with E-state index in [1.807, 2.05) is 24.3 Å². The lowest BCUT2D eigenvalue weighted by molar-refractivity contribution is -0.0612. The molecule has 0 saturated carbocycles. The van der Waals surface area contributed by atoms with Gasteiger partial charge in [-0.2, -0.15) is 0 Å². The summed E-state index contributed by atoms with van der Waals surface area (Å²) in [5.41, 5.74) is 0.991. The van der Waals surface area contributed by atoms with Crippen LogP contribution >= 0.6 is 11.6 Å². The van der Waals surface area contributed by atoms with E-state index in [9.17, 15) is 0 Å². The molecule has 0 bridgehead atoms. The molecule has 18 heavy (non-hydrogen) atoms. The molecule has 0 amide bonds. The van der Waals surface area contributed by atoms with Crippen molar-refractivity contribution in [1.29, 1.82) is 0 Å². The van der Waals surface area contributed by atoms with Crippen molar-refractivity contribution in [2.24, 2.45) is 0 Å². The molecule has 0 spiro atoms. The largest absolute Gasteiger partial charge is 0.367 e.